The highest BCUT2D eigenvalue weighted by atomic mass is 79.9. The Balaban J connectivity index is 1.97. The summed E-state index contributed by atoms with van der Waals surface area (Å²) in [5.41, 5.74) is 11.1. The lowest BCUT2D eigenvalue weighted by atomic mass is 10.00. The summed E-state index contributed by atoms with van der Waals surface area (Å²) in [4.78, 5) is 17.2. The molecule has 1 aromatic heterocycles. The van der Waals surface area contributed by atoms with E-state index in [2.05, 4.69) is 20.9 Å². The van der Waals surface area contributed by atoms with E-state index >= 15 is 0 Å². The summed E-state index contributed by atoms with van der Waals surface area (Å²) in [6, 6.07) is 15.4. The first-order valence-electron chi connectivity index (χ1n) is 9.61. The van der Waals surface area contributed by atoms with E-state index in [-0.39, 0.29) is 11.8 Å². The molecule has 2 heterocycles. The van der Waals surface area contributed by atoms with Crippen LogP contribution in [0.2, 0.25) is 0 Å². The van der Waals surface area contributed by atoms with Gasteiger partial charge >= 0.3 is 0 Å². The lowest BCUT2D eigenvalue weighted by molar-refractivity contribution is 0.101. The Morgan fingerprint density at radius 3 is 2.31 bits per heavy atom. The number of nitrogens with two attached hydrogens (primary N) is 1. The molecule has 1 atom stereocenters. The van der Waals surface area contributed by atoms with Crippen molar-refractivity contribution in [2.45, 2.75) is 32.9 Å². The smallest absolute Gasteiger partial charge is 0.280 e. The SMILES string of the molecule is CCCC(N)n1c(O)c2c(c1-c1ccc(C)cc1)C(=O)N=C2c1ccc(Br)cc1. The first-order valence-corrected chi connectivity index (χ1v) is 10.4. The van der Waals surface area contributed by atoms with Crippen LogP contribution < -0.4 is 5.73 Å². The number of amides is 1. The molecule has 1 amide bonds. The van der Waals surface area contributed by atoms with E-state index < -0.39 is 6.17 Å². The van der Waals surface area contributed by atoms with Gasteiger partial charge in [0.2, 0.25) is 5.88 Å². The first kappa shape index (κ1) is 19.6. The van der Waals surface area contributed by atoms with E-state index in [1.165, 1.54) is 0 Å². The predicted octanol–water partition coefficient (Wildman–Crippen LogP) is 5.18. The van der Waals surface area contributed by atoms with Crippen LogP contribution in [0, 0.1) is 6.92 Å². The number of carbonyl (C=O) groups excluding carboxylic acids is 1. The Hall–Kier alpha value is -2.70. The van der Waals surface area contributed by atoms with Gasteiger partial charge in [0.15, 0.2) is 0 Å². The molecule has 0 saturated heterocycles. The number of carbonyl (C=O) groups is 1. The van der Waals surface area contributed by atoms with Crippen LogP contribution >= 0.6 is 15.9 Å². The minimum atomic E-state index is -0.444. The van der Waals surface area contributed by atoms with Gasteiger partial charge in [-0.2, -0.15) is 0 Å². The van der Waals surface area contributed by atoms with Crippen LogP contribution in [0.3, 0.4) is 0 Å². The van der Waals surface area contributed by atoms with Gasteiger partial charge in [0.1, 0.15) is 0 Å². The lowest BCUT2D eigenvalue weighted by Crippen LogP contribution is -2.19. The number of hydrogen-bond acceptors (Lipinski definition) is 3. The van der Waals surface area contributed by atoms with E-state index in [9.17, 15) is 9.90 Å². The lowest BCUT2D eigenvalue weighted by Gasteiger charge is -2.19. The fraction of sp³-hybridized carbons (Fsp3) is 0.217. The third kappa shape index (κ3) is 3.32. The van der Waals surface area contributed by atoms with E-state index in [1.807, 2.05) is 62.4 Å². The molecule has 3 N–H and O–H groups in total. The number of halogens is 1. The van der Waals surface area contributed by atoms with Gasteiger partial charge in [0.05, 0.1) is 28.7 Å². The van der Waals surface area contributed by atoms with Crippen LogP contribution in [0.5, 0.6) is 5.88 Å². The van der Waals surface area contributed by atoms with Crippen LogP contribution in [0.1, 0.15) is 53.0 Å². The Labute approximate surface area is 178 Å². The second-order valence-electron chi connectivity index (χ2n) is 7.29. The van der Waals surface area contributed by atoms with Crippen LogP contribution in [-0.4, -0.2) is 21.3 Å². The predicted molar refractivity (Wildman–Crippen MR) is 119 cm³/mol. The molecular formula is C23H22BrN3O2. The molecule has 5 nitrogen and oxygen atoms in total. The summed E-state index contributed by atoms with van der Waals surface area (Å²) in [5, 5.41) is 11.2. The number of aromatic nitrogens is 1. The molecule has 1 aliphatic rings. The summed E-state index contributed by atoms with van der Waals surface area (Å²) >= 11 is 3.42. The van der Waals surface area contributed by atoms with Crippen molar-refractivity contribution < 1.29 is 9.90 Å². The maximum Gasteiger partial charge on any atom is 0.280 e. The Kier molecular flexibility index (Phi) is 5.15. The number of hydrogen-bond donors (Lipinski definition) is 2. The van der Waals surface area contributed by atoms with Gasteiger partial charge < -0.3 is 10.8 Å². The maximum absolute atomic E-state index is 13.0. The fourth-order valence-corrected chi connectivity index (χ4v) is 4.05. The molecule has 0 aliphatic carbocycles. The third-order valence-corrected chi connectivity index (χ3v) is 5.73. The number of benzene rings is 2. The highest BCUT2D eigenvalue weighted by Crippen LogP contribution is 2.43. The molecule has 6 heteroatoms. The summed E-state index contributed by atoms with van der Waals surface area (Å²) in [6.45, 7) is 4.05. The van der Waals surface area contributed by atoms with E-state index in [4.69, 9.17) is 5.73 Å². The van der Waals surface area contributed by atoms with Crippen molar-refractivity contribution in [1.82, 2.24) is 4.57 Å². The van der Waals surface area contributed by atoms with Gasteiger partial charge in [-0.05, 0) is 31.0 Å². The van der Waals surface area contributed by atoms with Crippen LogP contribution in [0.15, 0.2) is 58.0 Å². The van der Waals surface area contributed by atoms with E-state index in [0.717, 1.165) is 27.6 Å². The number of aliphatic imine (C=N–C) groups is 1. The Bertz CT molecular complexity index is 1110. The number of rotatable bonds is 5. The number of aryl methyl sites for hydroxylation is 1. The molecule has 3 aromatic rings. The normalized spacial score (nSPS) is 14.1. The van der Waals surface area contributed by atoms with E-state index in [1.54, 1.807) is 4.57 Å². The highest BCUT2D eigenvalue weighted by Gasteiger charge is 2.37. The molecule has 0 spiro atoms. The van der Waals surface area contributed by atoms with Gasteiger partial charge in [0.25, 0.3) is 5.91 Å². The molecule has 0 fully saturated rings. The minimum absolute atomic E-state index is 0.0101. The summed E-state index contributed by atoms with van der Waals surface area (Å²) in [5.74, 6) is -0.365. The average Bonchev–Trinajstić information content (AvgIpc) is 3.19. The van der Waals surface area contributed by atoms with Crippen molar-refractivity contribution in [3.63, 3.8) is 0 Å². The zero-order chi connectivity index (χ0) is 20.7. The minimum Gasteiger partial charge on any atom is -0.494 e. The Morgan fingerprint density at radius 1 is 1.07 bits per heavy atom. The quantitative estimate of drug-likeness (QED) is 0.560. The maximum atomic E-state index is 13.0. The third-order valence-electron chi connectivity index (χ3n) is 5.20. The number of aromatic hydroxyl groups is 1. The van der Waals surface area contributed by atoms with Crippen LogP contribution in [0.4, 0.5) is 0 Å². The van der Waals surface area contributed by atoms with Gasteiger partial charge in [0, 0.05) is 10.0 Å². The second-order valence-corrected chi connectivity index (χ2v) is 8.20. The van der Waals surface area contributed by atoms with Crippen molar-refractivity contribution in [2.24, 2.45) is 10.7 Å². The molecule has 29 heavy (non-hydrogen) atoms. The molecular weight excluding hydrogens is 430 g/mol. The van der Waals surface area contributed by atoms with Gasteiger partial charge in [-0.15, -0.1) is 0 Å². The van der Waals surface area contributed by atoms with Crippen molar-refractivity contribution >= 4 is 27.5 Å². The van der Waals surface area contributed by atoms with Crippen molar-refractivity contribution in [1.29, 1.82) is 0 Å². The van der Waals surface area contributed by atoms with Crippen LogP contribution in [0.25, 0.3) is 11.3 Å². The highest BCUT2D eigenvalue weighted by molar-refractivity contribution is 9.10. The zero-order valence-electron chi connectivity index (χ0n) is 16.3. The van der Waals surface area contributed by atoms with Gasteiger partial charge in [-0.25, -0.2) is 4.99 Å². The largest absolute Gasteiger partial charge is 0.494 e. The monoisotopic (exact) mass is 451 g/mol. The summed E-state index contributed by atoms with van der Waals surface area (Å²) in [7, 11) is 0. The van der Waals surface area contributed by atoms with E-state index in [0.29, 0.717) is 29.0 Å². The zero-order valence-corrected chi connectivity index (χ0v) is 17.9. The molecule has 0 bridgehead atoms. The average molecular weight is 452 g/mol. The topological polar surface area (TPSA) is 80.6 Å². The number of fused-ring (bicyclic) bond motifs is 1. The first-order chi connectivity index (χ1) is 13.9. The molecule has 0 radical (unpaired) electrons. The molecule has 0 saturated carbocycles. The van der Waals surface area contributed by atoms with Gasteiger partial charge in [-0.1, -0.05) is 71.2 Å². The molecule has 4 rings (SSSR count). The molecule has 148 valence electrons. The summed E-state index contributed by atoms with van der Waals surface area (Å²) < 4.78 is 2.61. The number of nitrogens with zero attached hydrogens (tertiary/aromatic N) is 2. The van der Waals surface area contributed by atoms with Crippen molar-refractivity contribution in [3.05, 3.63) is 75.3 Å². The second kappa shape index (κ2) is 7.61. The van der Waals surface area contributed by atoms with Crippen molar-refractivity contribution in [2.75, 3.05) is 0 Å². The van der Waals surface area contributed by atoms with Crippen molar-refractivity contribution in [3.8, 4) is 17.1 Å². The fourth-order valence-electron chi connectivity index (χ4n) is 3.78. The standard InChI is InChI=1S/C23H22BrN3O2/c1-3-4-17(25)27-21(15-7-5-13(2)6-8-15)19-18(23(27)29)20(26-22(19)28)14-9-11-16(24)12-10-14/h5-12,17,29H,3-4,25H2,1-2H3. The van der Waals surface area contributed by atoms with Gasteiger partial charge in [-0.3, -0.25) is 9.36 Å². The molecule has 1 unspecified atom stereocenters. The Morgan fingerprint density at radius 2 is 1.69 bits per heavy atom. The molecule has 2 aromatic carbocycles. The van der Waals surface area contributed by atoms with Crippen LogP contribution in [-0.2, 0) is 0 Å². The molecule has 1 aliphatic heterocycles. The summed E-state index contributed by atoms with van der Waals surface area (Å²) in [6.07, 6.45) is 1.10.